The summed E-state index contributed by atoms with van der Waals surface area (Å²) in [5, 5.41) is 7.73. The van der Waals surface area contributed by atoms with Crippen LogP contribution in [0.2, 0.25) is 0 Å². The van der Waals surface area contributed by atoms with Crippen molar-refractivity contribution in [3.05, 3.63) is 0 Å². The Morgan fingerprint density at radius 3 is 1.71 bits per heavy atom. The Morgan fingerprint density at radius 2 is 1.71 bits per heavy atom. The van der Waals surface area contributed by atoms with Crippen molar-refractivity contribution >= 4 is 29.2 Å². The minimum atomic E-state index is -1.29. The number of rotatable bonds is 1. The van der Waals surface area contributed by atoms with Gasteiger partial charge in [-0.3, -0.25) is 0 Å². The average Bonchev–Trinajstić information content (AvgIpc) is 1.36. The Hall–Kier alpha value is 1.24. The molecule has 0 bridgehead atoms. The van der Waals surface area contributed by atoms with Crippen molar-refractivity contribution in [2.75, 3.05) is 0 Å². The van der Waals surface area contributed by atoms with Gasteiger partial charge in [0.1, 0.15) is 0 Å². The fraction of sp³-hybridized carbons (Fsp3) is 0.500. The summed E-state index contributed by atoms with van der Waals surface area (Å²) in [4.78, 5) is 8.15. The molecular formula is C2H2Cl2LaO2. The van der Waals surface area contributed by atoms with E-state index in [0.29, 0.717) is 0 Å². The number of hydrogen-bond donors (Lipinski definition) is 1. The van der Waals surface area contributed by atoms with Gasteiger partial charge >= 0.3 is 5.97 Å². The van der Waals surface area contributed by atoms with Gasteiger partial charge in [-0.25, -0.2) is 4.79 Å². The number of hydrogen-bond acceptors (Lipinski definition) is 1. The maximum absolute atomic E-state index is 9.44. The van der Waals surface area contributed by atoms with E-state index in [0.717, 1.165) is 0 Å². The van der Waals surface area contributed by atoms with E-state index < -0.39 is 10.8 Å². The summed E-state index contributed by atoms with van der Waals surface area (Å²) < 4.78 is 0. The largest absolute Gasteiger partial charge is 0.479 e. The molecule has 0 aliphatic carbocycles. The second kappa shape index (κ2) is 5.38. The molecule has 0 rings (SSSR count). The third-order valence-corrected chi connectivity index (χ3v) is 0.560. The average molecular weight is 268 g/mol. The van der Waals surface area contributed by atoms with Crippen LogP contribution in [0, 0.1) is 35.6 Å². The summed E-state index contributed by atoms with van der Waals surface area (Å²) in [5.74, 6) is -1.21. The van der Waals surface area contributed by atoms with Crippen LogP contribution in [0.5, 0.6) is 0 Å². The Morgan fingerprint density at radius 1 is 1.57 bits per heavy atom. The van der Waals surface area contributed by atoms with Gasteiger partial charge in [0.2, 0.25) is 4.84 Å². The SMILES string of the molecule is O=C(O)C(Cl)Cl.[La]. The zero-order chi connectivity index (χ0) is 5.15. The van der Waals surface area contributed by atoms with Crippen LogP contribution < -0.4 is 0 Å². The number of alkyl halides is 2. The van der Waals surface area contributed by atoms with Crippen molar-refractivity contribution < 1.29 is 45.5 Å². The summed E-state index contributed by atoms with van der Waals surface area (Å²) in [7, 11) is 0. The molecule has 0 aromatic rings. The molecule has 0 amide bonds. The number of carboxylic acid groups (broad SMARTS) is 1. The first kappa shape index (κ1) is 11.1. The summed E-state index contributed by atoms with van der Waals surface area (Å²) in [5.41, 5.74) is 0. The molecule has 0 saturated carbocycles. The van der Waals surface area contributed by atoms with E-state index in [1.165, 1.54) is 0 Å². The minimum absolute atomic E-state index is 0. The summed E-state index contributed by atoms with van der Waals surface area (Å²) in [6.07, 6.45) is 0. The molecule has 39 valence electrons. The second-order valence-electron chi connectivity index (χ2n) is 0.639. The van der Waals surface area contributed by atoms with Gasteiger partial charge in [-0.1, -0.05) is 23.2 Å². The first-order valence-electron chi connectivity index (χ1n) is 1.15. The van der Waals surface area contributed by atoms with Crippen molar-refractivity contribution in [3.8, 4) is 0 Å². The molecule has 0 aromatic heterocycles. The number of halogens is 2. The molecule has 1 N–H and O–H groups in total. The predicted octanol–water partition coefficient (Wildman–Crippen LogP) is 0.875. The summed E-state index contributed by atoms with van der Waals surface area (Å²) >= 11 is 9.56. The molecule has 7 heavy (non-hydrogen) atoms. The molecular weight excluding hydrogens is 266 g/mol. The van der Waals surface area contributed by atoms with Crippen LogP contribution in [-0.4, -0.2) is 15.9 Å². The molecule has 0 heterocycles. The molecule has 0 spiro atoms. The Bertz CT molecular complexity index is 64.7. The van der Waals surface area contributed by atoms with Crippen molar-refractivity contribution in [2.24, 2.45) is 0 Å². The monoisotopic (exact) mass is 267 g/mol. The van der Waals surface area contributed by atoms with Crippen molar-refractivity contribution in [1.29, 1.82) is 0 Å². The quantitative estimate of drug-likeness (QED) is 0.716. The van der Waals surface area contributed by atoms with Crippen LogP contribution in [0.4, 0.5) is 0 Å². The molecule has 2 nitrogen and oxygen atoms in total. The van der Waals surface area contributed by atoms with E-state index >= 15 is 0 Å². The molecule has 0 aliphatic heterocycles. The molecule has 0 aromatic carbocycles. The van der Waals surface area contributed by atoms with Crippen molar-refractivity contribution in [3.63, 3.8) is 0 Å². The summed E-state index contributed by atoms with van der Waals surface area (Å²) in [6, 6.07) is 0. The van der Waals surface area contributed by atoms with E-state index in [9.17, 15) is 4.79 Å². The van der Waals surface area contributed by atoms with Gasteiger partial charge in [0.25, 0.3) is 0 Å². The van der Waals surface area contributed by atoms with Gasteiger partial charge < -0.3 is 5.11 Å². The third-order valence-electron chi connectivity index (χ3n) is 0.187. The van der Waals surface area contributed by atoms with Crippen LogP contribution in [0.25, 0.3) is 0 Å². The van der Waals surface area contributed by atoms with E-state index in [1.807, 2.05) is 0 Å². The van der Waals surface area contributed by atoms with Crippen molar-refractivity contribution in [2.45, 2.75) is 4.84 Å². The maximum Gasteiger partial charge on any atom is 0.337 e. The predicted molar refractivity (Wildman–Crippen MR) is 23.1 cm³/mol. The van der Waals surface area contributed by atoms with Gasteiger partial charge in [0.05, 0.1) is 0 Å². The number of carboxylic acids is 1. The Balaban J connectivity index is 0. The van der Waals surface area contributed by atoms with Gasteiger partial charge in [-0.15, -0.1) is 0 Å². The number of carbonyl (C=O) groups is 1. The van der Waals surface area contributed by atoms with Gasteiger partial charge in [-0.05, 0) is 0 Å². The fourth-order valence-electron chi connectivity index (χ4n) is 0. The van der Waals surface area contributed by atoms with Crippen LogP contribution >= 0.6 is 23.2 Å². The van der Waals surface area contributed by atoms with Gasteiger partial charge in [0.15, 0.2) is 0 Å². The zero-order valence-corrected chi connectivity index (χ0v) is 8.40. The van der Waals surface area contributed by atoms with Crippen LogP contribution in [-0.2, 0) is 4.79 Å². The minimum Gasteiger partial charge on any atom is -0.479 e. The molecule has 5 heteroatoms. The van der Waals surface area contributed by atoms with Gasteiger partial charge in [-0.2, -0.15) is 0 Å². The maximum atomic E-state index is 9.44. The topological polar surface area (TPSA) is 37.3 Å². The first-order valence-corrected chi connectivity index (χ1v) is 2.03. The molecule has 0 atom stereocenters. The van der Waals surface area contributed by atoms with Crippen LogP contribution in [0.15, 0.2) is 0 Å². The molecule has 0 fully saturated rings. The first-order chi connectivity index (χ1) is 2.64. The zero-order valence-electron chi connectivity index (χ0n) is 3.27. The Kier molecular flexibility index (Phi) is 8.53. The molecule has 1 radical (unpaired) electrons. The number of aliphatic carboxylic acids is 1. The standard InChI is InChI=1S/C2H2Cl2O2.La/c3-1(4)2(5)6;/h1H,(H,5,6);. The normalized spacial score (nSPS) is 7.86. The van der Waals surface area contributed by atoms with E-state index in [1.54, 1.807) is 0 Å². The van der Waals surface area contributed by atoms with E-state index in [-0.39, 0.29) is 35.6 Å². The van der Waals surface area contributed by atoms with Crippen LogP contribution in [0.1, 0.15) is 0 Å². The van der Waals surface area contributed by atoms with Crippen LogP contribution in [0.3, 0.4) is 0 Å². The summed E-state index contributed by atoms with van der Waals surface area (Å²) in [6.45, 7) is 0. The van der Waals surface area contributed by atoms with E-state index in [4.69, 9.17) is 28.3 Å². The molecule has 0 aliphatic rings. The molecule has 0 saturated heterocycles. The smallest absolute Gasteiger partial charge is 0.337 e. The third kappa shape index (κ3) is 7.24. The van der Waals surface area contributed by atoms with Gasteiger partial charge in [0, 0.05) is 35.6 Å². The Labute approximate surface area is 78.8 Å². The molecule has 0 unspecified atom stereocenters. The van der Waals surface area contributed by atoms with Crippen molar-refractivity contribution in [1.82, 2.24) is 0 Å². The second-order valence-corrected chi connectivity index (χ2v) is 1.74. The fourth-order valence-corrected chi connectivity index (χ4v) is 0. The van der Waals surface area contributed by atoms with E-state index in [2.05, 4.69) is 0 Å².